The third-order valence-electron chi connectivity index (χ3n) is 4.64. The summed E-state index contributed by atoms with van der Waals surface area (Å²) in [5.41, 5.74) is 4.81. The molecule has 0 aromatic heterocycles. The smallest absolute Gasteiger partial charge is 0.00778 e. The second-order valence-electron chi connectivity index (χ2n) is 5.92. The van der Waals surface area contributed by atoms with E-state index in [1.54, 1.807) is 5.56 Å². The van der Waals surface area contributed by atoms with Gasteiger partial charge >= 0.3 is 0 Å². The van der Waals surface area contributed by atoms with E-state index < -0.39 is 0 Å². The maximum absolute atomic E-state index is 3.59. The zero-order valence-corrected chi connectivity index (χ0v) is 12.2. The van der Waals surface area contributed by atoms with Crippen LogP contribution in [0.2, 0.25) is 0 Å². The Labute approximate surface area is 112 Å². The van der Waals surface area contributed by atoms with E-state index in [2.05, 4.69) is 44.3 Å². The minimum atomic E-state index is 0.396. The fraction of sp³-hybridized carbons (Fsp3) is 0.647. The normalized spacial score (nSPS) is 18.8. The largest absolute Gasteiger partial charge is 0.316 e. The molecule has 0 aliphatic heterocycles. The van der Waals surface area contributed by atoms with Gasteiger partial charge in [-0.05, 0) is 49.9 Å². The van der Waals surface area contributed by atoms with Gasteiger partial charge in [-0.1, -0.05) is 44.4 Å². The molecule has 0 amide bonds. The highest BCUT2D eigenvalue weighted by Gasteiger charge is 2.33. The molecule has 0 saturated heterocycles. The van der Waals surface area contributed by atoms with Crippen molar-refractivity contribution in [2.75, 3.05) is 13.1 Å². The first-order valence-electron chi connectivity index (χ1n) is 7.46. The summed E-state index contributed by atoms with van der Waals surface area (Å²) in [4.78, 5) is 0. The molecule has 1 aliphatic carbocycles. The Morgan fingerprint density at radius 2 is 1.78 bits per heavy atom. The highest BCUT2D eigenvalue weighted by molar-refractivity contribution is 5.35. The van der Waals surface area contributed by atoms with Crippen molar-refractivity contribution >= 4 is 0 Å². The number of benzene rings is 1. The van der Waals surface area contributed by atoms with Crippen LogP contribution in [-0.2, 0) is 5.41 Å². The van der Waals surface area contributed by atoms with Crippen LogP contribution < -0.4 is 5.32 Å². The van der Waals surface area contributed by atoms with Crippen molar-refractivity contribution in [2.45, 2.75) is 58.3 Å². The van der Waals surface area contributed by atoms with Crippen molar-refractivity contribution in [1.29, 1.82) is 0 Å². The SMILES string of the molecule is CCNCC1(c2ccc(C)c(C)c2)CCCCC1. The standard InChI is InChI=1S/C17H27N/c1-4-18-13-17(10-6-5-7-11-17)16-9-8-14(2)15(3)12-16/h8-9,12,18H,4-7,10-11,13H2,1-3H3. The fourth-order valence-electron chi connectivity index (χ4n) is 3.23. The molecule has 0 spiro atoms. The van der Waals surface area contributed by atoms with Crippen LogP contribution >= 0.6 is 0 Å². The lowest BCUT2D eigenvalue weighted by Gasteiger charge is -2.38. The van der Waals surface area contributed by atoms with Crippen LogP contribution in [0.5, 0.6) is 0 Å². The Hall–Kier alpha value is -0.820. The van der Waals surface area contributed by atoms with E-state index in [-0.39, 0.29) is 0 Å². The van der Waals surface area contributed by atoms with Gasteiger partial charge in [0.1, 0.15) is 0 Å². The maximum atomic E-state index is 3.59. The molecular weight excluding hydrogens is 218 g/mol. The topological polar surface area (TPSA) is 12.0 Å². The quantitative estimate of drug-likeness (QED) is 0.841. The number of hydrogen-bond donors (Lipinski definition) is 1. The molecule has 1 saturated carbocycles. The predicted molar refractivity (Wildman–Crippen MR) is 79.2 cm³/mol. The number of likely N-dealkylation sites (N-methyl/N-ethyl adjacent to an activating group) is 1. The Morgan fingerprint density at radius 1 is 1.06 bits per heavy atom. The molecule has 1 N–H and O–H groups in total. The maximum Gasteiger partial charge on any atom is 0.00778 e. The van der Waals surface area contributed by atoms with E-state index in [0.717, 1.165) is 13.1 Å². The summed E-state index contributed by atoms with van der Waals surface area (Å²) in [6.45, 7) is 8.87. The average Bonchev–Trinajstić information content (AvgIpc) is 2.40. The van der Waals surface area contributed by atoms with Crippen LogP contribution in [0.3, 0.4) is 0 Å². The van der Waals surface area contributed by atoms with Gasteiger partial charge in [-0.25, -0.2) is 0 Å². The summed E-state index contributed by atoms with van der Waals surface area (Å²) < 4.78 is 0. The summed E-state index contributed by atoms with van der Waals surface area (Å²) in [6, 6.07) is 7.09. The van der Waals surface area contributed by atoms with Gasteiger partial charge in [0.2, 0.25) is 0 Å². The van der Waals surface area contributed by atoms with Gasteiger partial charge in [0.05, 0.1) is 0 Å². The molecule has 0 atom stereocenters. The molecule has 2 rings (SSSR count). The molecule has 18 heavy (non-hydrogen) atoms. The molecule has 0 bridgehead atoms. The molecule has 1 aromatic carbocycles. The zero-order valence-electron chi connectivity index (χ0n) is 12.2. The van der Waals surface area contributed by atoms with Crippen molar-refractivity contribution in [3.8, 4) is 0 Å². The van der Waals surface area contributed by atoms with Gasteiger partial charge in [-0.2, -0.15) is 0 Å². The third kappa shape index (κ3) is 2.77. The Bertz CT molecular complexity index is 389. The van der Waals surface area contributed by atoms with Gasteiger partial charge in [0.25, 0.3) is 0 Å². The van der Waals surface area contributed by atoms with E-state index >= 15 is 0 Å². The highest BCUT2D eigenvalue weighted by Crippen LogP contribution is 2.39. The molecule has 0 radical (unpaired) electrons. The Morgan fingerprint density at radius 3 is 2.39 bits per heavy atom. The van der Waals surface area contributed by atoms with Crippen molar-refractivity contribution < 1.29 is 0 Å². The molecule has 0 unspecified atom stereocenters. The van der Waals surface area contributed by atoms with E-state index in [9.17, 15) is 0 Å². The molecule has 1 aromatic rings. The van der Waals surface area contributed by atoms with Crippen molar-refractivity contribution in [1.82, 2.24) is 5.32 Å². The predicted octanol–water partition coefficient (Wildman–Crippen LogP) is 4.11. The lowest BCUT2D eigenvalue weighted by molar-refractivity contribution is 0.282. The van der Waals surface area contributed by atoms with Gasteiger partial charge < -0.3 is 5.32 Å². The van der Waals surface area contributed by atoms with Crippen molar-refractivity contribution in [3.63, 3.8) is 0 Å². The molecule has 1 fully saturated rings. The molecule has 1 nitrogen and oxygen atoms in total. The van der Waals surface area contributed by atoms with Crippen LogP contribution in [0, 0.1) is 13.8 Å². The number of aryl methyl sites for hydroxylation is 2. The summed E-state index contributed by atoms with van der Waals surface area (Å²) >= 11 is 0. The van der Waals surface area contributed by atoms with Crippen LogP contribution in [-0.4, -0.2) is 13.1 Å². The van der Waals surface area contributed by atoms with Crippen LogP contribution in [0.15, 0.2) is 18.2 Å². The summed E-state index contributed by atoms with van der Waals surface area (Å²) in [5, 5.41) is 3.59. The second-order valence-corrected chi connectivity index (χ2v) is 5.92. The lowest BCUT2D eigenvalue weighted by Crippen LogP contribution is -2.40. The number of rotatable bonds is 4. The van der Waals surface area contributed by atoms with Gasteiger partial charge in [0.15, 0.2) is 0 Å². The Balaban J connectivity index is 2.29. The van der Waals surface area contributed by atoms with Gasteiger partial charge in [0, 0.05) is 12.0 Å². The molecular formula is C17H27N. The molecule has 1 heteroatoms. The van der Waals surface area contributed by atoms with E-state index in [0.29, 0.717) is 5.41 Å². The van der Waals surface area contributed by atoms with Crippen molar-refractivity contribution in [2.24, 2.45) is 0 Å². The summed E-state index contributed by atoms with van der Waals surface area (Å²) in [5.74, 6) is 0. The minimum absolute atomic E-state index is 0.396. The first-order valence-corrected chi connectivity index (χ1v) is 7.46. The summed E-state index contributed by atoms with van der Waals surface area (Å²) in [7, 11) is 0. The monoisotopic (exact) mass is 245 g/mol. The molecule has 1 aliphatic rings. The number of hydrogen-bond acceptors (Lipinski definition) is 1. The van der Waals surface area contributed by atoms with Crippen molar-refractivity contribution in [3.05, 3.63) is 34.9 Å². The van der Waals surface area contributed by atoms with Crippen LogP contribution in [0.4, 0.5) is 0 Å². The first-order chi connectivity index (χ1) is 8.68. The third-order valence-corrected chi connectivity index (χ3v) is 4.64. The molecule has 100 valence electrons. The van der Waals surface area contributed by atoms with E-state index in [4.69, 9.17) is 0 Å². The first kappa shape index (κ1) is 13.6. The van der Waals surface area contributed by atoms with Crippen LogP contribution in [0.1, 0.15) is 55.7 Å². The zero-order chi connectivity index (χ0) is 13.0. The minimum Gasteiger partial charge on any atom is -0.316 e. The lowest BCUT2D eigenvalue weighted by atomic mass is 9.69. The average molecular weight is 245 g/mol. The summed E-state index contributed by atoms with van der Waals surface area (Å²) in [6.07, 6.45) is 6.89. The van der Waals surface area contributed by atoms with E-state index in [1.165, 1.54) is 43.2 Å². The van der Waals surface area contributed by atoms with Gasteiger partial charge in [-0.15, -0.1) is 0 Å². The fourth-order valence-corrected chi connectivity index (χ4v) is 3.23. The Kier molecular flexibility index (Phi) is 4.45. The molecule has 0 heterocycles. The van der Waals surface area contributed by atoms with Gasteiger partial charge in [-0.3, -0.25) is 0 Å². The number of nitrogens with one attached hydrogen (secondary N) is 1. The second kappa shape index (κ2) is 5.88. The van der Waals surface area contributed by atoms with Crippen LogP contribution in [0.25, 0.3) is 0 Å². The highest BCUT2D eigenvalue weighted by atomic mass is 14.9. The van der Waals surface area contributed by atoms with E-state index in [1.807, 2.05) is 0 Å².